The molecule has 0 saturated carbocycles. The SMILES string of the molecule is O=C(NCCc1ccccc1)c1nn(-c2ccc(Cl)cc2)nc1CO. The molecule has 1 heterocycles. The molecule has 6 nitrogen and oxygen atoms in total. The van der Waals surface area contributed by atoms with Gasteiger partial charge in [-0.2, -0.15) is 4.80 Å². The number of nitrogens with one attached hydrogen (secondary N) is 1. The molecule has 0 bridgehead atoms. The van der Waals surface area contributed by atoms with E-state index in [1.165, 1.54) is 4.80 Å². The molecule has 2 aromatic carbocycles. The van der Waals surface area contributed by atoms with Crippen molar-refractivity contribution in [3.63, 3.8) is 0 Å². The van der Waals surface area contributed by atoms with E-state index in [2.05, 4.69) is 15.5 Å². The fraction of sp³-hybridized carbons (Fsp3) is 0.167. The van der Waals surface area contributed by atoms with Gasteiger partial charge in [-0.25, -0.2) is 0 Å². The van der Waals surface area contributed by atoms with E-state index in [1.807, 2.05) is 30.3 Å². The number of aliphatic hydroxyl groups is 1. The molecular formula is C18H17ClN4O2. The van der Waals surface area contributed by atoms with E-state index >= 15 is 0 Å². The molecule has 1 aromatic heterocycles. The van der Waals surface area contributed by atoms with Gasteiger partial charge in [0, 0.05) is 11.6 Å². The molecule has 25 heavy (non-hydrogen) atoms. The van der Waals surface area contributed by atoms with Crippen molar-refractivity contribution < 1.29 is 9.90 Å². The number of carbonyl (C=O) groups excluding carboxylic acids is 1. The summed E-state index contributed by atoms with van der Waals surface area (Å²) in [5.41, 5.74) is 2.13. The van der Waals surface area contributed by atoms with Crippen molar-refractivity contribution in [3.05, 3.63) is 76.6 Å². The first-order chi connectivity index (χ1) is 12.2. The Labute approximate surface area is 150 Å². The van der Waals surface area contributed by atoms with Gasteiger partial charge in [-0.3, -0.25) is 4.79 Å². The van der Waals surface area contributed by atoms with E-state index in [-0.39, 0.29) is 23.9 Å². The molecule has 3 aromatic rings. The number of hydrogen-bond acceptors (Lipinski definition) is 4. The number of aromatic nitrogens is 3. The average molecular weight is 357 g/mol. The van der Waals surface area contributed by atoms with Crippen LogP contribution in [0.5, 0.6) is 0 Å². The van der Waals surface area contributed by atoms with Crippen LogP contribution in [-0.2, 0) is 13.0 Å². The molecule has 0 saturated heterocycles. The third-order valence-corrected chi connectivity index (χ3v) is 3.90. The van der Waals surface area contributed by atoms with Gasteiger partial charge in [0.1, 0.15) is 5.69 Å². The number of carbonyl (C=O) groups is 1. The van der Waals surface area contributed by atoms with E-state index in [9.17, 15) is 9.90 Å². The van der Waals surface area contributed by atoms with Crippen molar-refractivity contribution in [2.45, 2.75) is 13.0 Å². The van der Waals surface area contributed by atoms with Crippen LogP contribution < -0.4 is 5.32 Å². The van der Waals surface area contributed by atoms with Crippen LogP contribution in [0.2, 0.25) is 5.02 Å². The maximum Gasteiger partial charge on any atom is 0.273 e. The third-order valence-electron chi connectivity index (χ3n) is 3.65. The zero-order valence-corrected chi connectivity index (χ0v) is 14.1. The van der Waals surface area contributed by atoms with Crippen molar-refractivity contribution in [3.8, 4) is 5.69 Å². The summed E-state index contributed by atoms with van der Waals surface area (Å²) in [6.45, 7) is 0.108. The highest BCUT2D eigenvalue weighted by Gasteiger charge is 2.18. The summed E-state index contributed by atoms with van der Waals surface area (Å²) in [6, 6.07) is 16.8. The molecule has 0 atom stereocenters. The van der Waals surface area contributed by atoms with Gasteiger partial charge in [0.15, 0.2) is 5.69 Å². The van der Waals surface area contributed by atoms with Gasteiger partial charge in [-0.15, -0.1) is 10.2 Å². The summed E-state index contributed by atoms with van der Waals surface area (Å²) in [5, 5.41) is 21.2. The van der Waals surface area contributed by atoms with Gasteiger partial charge in [0.05, 0.1) is 12.3 Å². The van der Waals surface area contributed by atoms with E-state index in [0.717, 1.165) is 5.56 Å². The van der Waals surface area contributed by atoms with Crippen molar-refractivity contribution in [2.24, 2.45) is 0 Å². The monoisotopic (exact) mass is 356 g/mol. The highest BCUT2D eigenvalue weighted by Crippen LogP contribution is 2.13. The number of aliphatic hydroxyl groups excluding tert-OH is 1. The van der Waals surface area contributed by atoms with Crippen molar-refractivity contribution in [1.82, 2.24) is 20.3 Å². The van der Waals surface area contributed by atoms with Gasteiger partial charge in [-0.05, 0) is 36.2 Å². The quantitative estimate of drug-likeness (QED) is 0.710. The smallest absolute Gasteiger partial charge is 0.273 e. The lowest BCUT2D eigenvalue weighted by Gasteiger charge is -2.04. The number of rotatable bonds is 6. The molecule has 7 heteroatoms. The fourth-order valence-corrected chi connectivity index (χ4v) is 2.48. The minimum absolute atomic E-state index is 0.116. The summed E-state index contributed by atoms with van der Waals surface area (Å²) in [4.78, 5) is 13.7. The van der Waals surface area contributed by atoms with Crippen LogP contribution in [-0.4, -0.2) is 32.6 Å². The number of benzene rings is 2. The largest absolute Gasteiger partial charge is 0.390 e. The molecule has 0 unspecified atom stereocenters. The maximum absolute atomic E-state index is 12.4. The number of amides is 1. The molecule has 1 amide bonds. The molecule has 0 aliphatic carbocycles. The topological polar surface area (TPSA) is 80.0 Å². The second-order valence-electron chi connectivity index (χ2n) is 5.41. The first-order valence-corrected chi connectivity index (χ1v) is 8.20. The molecule has 0 fully saturated rings. The van der Waals surface area contributed by atoms with Crippen LogP contribution in [0.1, 0.15) is 21.7 Å². The molecule has 0 spiro atoms. The Morgan fingerprint density at radius 2 is 1.80 bits per heavy atom. The minimum Gasteiger partial charge on any atom is -0.390 e. The second kappa shape index (κ2) is 7.92. The summed E-state index contributed by atoms with van der Waals surface area (Å²) in [7, 11) is 0. The Balaban J connectivity index is 1.70. The lowest BCUT2D eigenvalue weighted by molar-refractivity contribution is 0.0945. The van der Waals surface area contributed by atoms with E-state index < -0.39 is 0 Å². The van der Waals surface area contributed by atoms with Gasteiger partial charge in [-0.1, -0.05) is 41.9 Å². The third kappa shape index (κ3) is 4.23. The number of nitrogens with zero attached hydrogens (tertiary/aromatic N) is 3. The van der Waals surface area contributed by atoms with Crippen molar-refractivity contribution in [1.29, 1.82) is 0 Å². The summed E-state index contributed by atoms with van der Waals surface area (Å²) >= 11 is 5.87. The average Bonchev–Trinajstić information content (AvgIpc) is 3.07. The highest BCUT2D eigenvalue weighted by molar-refractivity contribution is 6.30. The van der Waals surface area contributed by atoms with E-state index in [1.54, 1.807) is 24.3 Å². The lowest BCUT2D eigenvalue weighted by atomic mass is 10.1. The Hall–Kier alpha value is -2.70. The van der Waals surface area contributed by atoms with Gasteiger partial charge in [0.25, 0.3) is 5.91 Å². The number of halogens is 1. The summed E-state index contributed by atoms with van der Waals surface area (Å²) in [5.74, 6) is -0.361. The Morgan fingerprint density at radius 3 is 2.48 bits per heavy atom. The molecule has 3 rings (SSSR count). The Morgan fingerprint density at radius 1 is 1.08 bits per heavy atom. The van der Waals surface area contributed by atoms with Crippen LogP contribution in [0.4, 0.5) is 0 Å². The van der Waals surface area contributed by atoms with Crippen molar-refractivity contribution >= 4 is 17.5 Å². The first kappa shape index (κ1) is 17.1. The van der Waals surface area contributed by atoms with E-state index in [4.69, 9.17) is 11.6 Å². The predicted molar refractivity (Wildman–Crippen MR) is 94.8 cm³/mol. The fourth-order valence-electron chi connectivity index (χ4n) is 2.36. The first-order valence-electron chi connectivity index (χ1n) is 7.82. The number of hydrogen-bond donors (Lipinski definition) is 2. The molecule has 0 aliphatic heterocycles. The van der Waals surface area contributed by atoms with Crippen LogP contribution in [0.15, 0.2) is 54.6 Å². The van der Waals surface area contributed by atoms with Crippen molar-refractivity contribution in [2.75, 3.05) is 6.54 Å². The second-order valence-corrected chi connectivity index (χ2v) is 5.85. The minimum atomic E-state index is -0.366. The predicted octanol–water partition coefficient (Wildman–Crippen LogP) is 2.39. The Kier molecular flexibility index (Phi) is 5.42. The summed E-state index contributed by atoms with van der Waals surface area (Å²) in [6.07, 6.45) is 0.715. The maximum atomic E-state index is 12.4. The van der Waals surface area contributed by atoms with Gasteiger partial charge in [0.2, 0.25) is 0 Å². The Bertz CT molecular complexity index is 847. The van der Waals surface area contributed by atoms with Crippen LogP contribution >= 0.6 is 11.6 Å². The molecule has 128 valence electrons. The lowest BCUT2D eigenvalue weighted by Crippen LogP contribution is -2.27. The van der Waals surface area contributed by atoms with Crippen LogP contribution in [0, 0.1) is 0 Å². The summed E-state index contributed by atoms with van der Waals surface area (Å²) < 4.78 is 0. The molecule has 0 radical (unpaired) electrons. The normalized spacial score (nSPS) is 10.6. The molecular weight excluding hydrogens is 340 g/mol. The van der Waals surface area contributed by atoms with Gasteiger partial charge < -0.3 is 10.4 Å². The zero-order valence-electron chi connectivity index (χ0n) is 13.4. The zero-order chi connectivity index (χ0) is 17.6. The van der Waals surface area contributed by atoms with Gasteiger partial charge >= 0.3 is 0 Å². The molecule has 0 aliphatic rings. The standard InChI is InChI=1S/C18H17ClN4O2/c19-14-6-8-15(9-7-14)23-21-16(12-24)17(22-23)18(25)20-11-10-13-4-2-1-3-5-13/h1-9,24H,10-12H2,(H,20,25). The van der Waals surface area contributed by atoms with Crippen LogP contribution in [0.25, 0.3) is 5.69 Å². The van der Waals surface area contributed by atoms with E-state index in [0.29, 0.717) is 23.7 Å². The molecule has 2 N–H and O–H groups in total. The van der Waals surface area contributed by atoms with Crippen LogP contribution in [0.3, 0.4) is 0 Å². The highest BCUT2D eigenvalue weighted by atomic mass is 35.5.